The van der Waals surface area contributed by atoms with Crippen molar-refractivity contribution in [3.05, 3.63) is 72.3 Å². The van der Waals surface area contributed by atoms with Crippen LogP contribution in [0.5, 0.6) is 11.5 Å². The van der Waals surface area contributed by atoms with Gasteiger partial charge >= 0.3 is 23.9 Å². The van der Waals surface area contributed by atoms with E-state index in [9.17, 15) is 28.8 Å². The van der Waals surface area contributed by atoms with Crippen molar-refractivity contribution in [3.8, 4) is 22.6 Å². The van der Waals surface area contributed by atoms with E-state index < -0.39 is 60.7 Å². The quantitative estimate of drug-likeness (QED) is 0.0314. The largest absolute Gasteiger partial charge is 0.493 e. The van der Waals surface area contributed by atoms with Gasteiger partial charge in [0.15, 0.2) is 0 Å². The zero-order valence-corrected chi connectivity index (χ0v) is 34.8. The summed E-state index contributed by atoms with van der Waals surface area (Å²) >= 11 is 0. The number of Topliss-reactive ketones (excluding diaryl/α,β-unsaturated/α-hetero) is 2. The Balaban J connectivity index is 1.84. The van der Waals surface area contributed by atoms with Crippen molar-refractivity contribution >= 4 is 35.4 Å². The lowest BCUT2D eigenvalue weighted by Gasteiger charge is -2.32. The lowest BCUT2D eigenvalue weighted by Crippen LogP contribution is -2.45. The molecule has 0 N–H and O–H groups in total. The van der Waals surface area contributed by atoms with Crippen molar-refractivity contribution in [2.45, 2.75) is 98.8 Å². The summed E-state index contributed by atoms with van der Waals surface area (Å²) in [5.74, 6) is -2.77. The Morgan fingerprint density at radius 1 is 0.621 bits per heavy atom. The van der Waals surface area contributed by atoms with Crippen LogP contribution in [0.4, 0.5) is 0 Å². The smallest absolute Gasteiger partial charge is 0.374 e. The third-order valence-corrected chi connectivity index (χ3v) is 10.1. The highest BCUT2D eigenvalue weighted by atomic mass is 16.6. The van der Waals surface area contributed by atoms with Gasteiger partial charge in [-0.15, -0.1) is 0 Å². The summed E-state index contributed by atoms with van der Waals surface area (Å²) in [6, 6.07) is 13.4. The second-order valence-electron chi connectivity index (χ2n) is 15.5. The number of carbonyl (C=O) groups is 6. The first-order valence-corrected chi connectivity index (χ1v) is 20.1. The normalized spacial score (nSPS) is 15.1. The van der Waals surface area contributed by atoms with Gasteiger partial charge in [-0.3, -0.25) is 9.59 Å². The van der Waals surface area contributed by atoms with Crippen LogP contribution < -0.4 is 9.47 Å². The number of ketones is 2. The molecule has 12 nitrogen and oxygen atoms in total. The van der Waals surface area contributed by atoms with Crippen molar-refractivity contribution in [1.82, 2.24) is 0 Å². The van der Waals surface area contributed by atoms with Gasteiger partial charge in [-0.2, -0.15) is 0 Å². The first kappa shape index (κ1) is 47.1. The molecule has 0 aliphatic heterocycles. The highest BCUT2D eigenvalue weighted by molar-refractivity contribution is 6.32. The lowest BCUT2D eigenvalue weighted by atomic mass is 9.80. The summed E-state index contributed by atoms with van der Waals surface area (Å²) in [4.78, 5) is 72.5. The number of hydrogen-bond donors (Lipinski definition) is 0. The van der Waals surface area contributed by atoms with Gasteiger partial charge in [0.05, 0.1) is 13.2 Å². The molecule has 0 amide bonds. The molecule has 2 aromatic rings. The van der Waals surface area contributed by atoms with Crippen LogP contribution in [-0.2, 0) is 54.1 Å². The summed E-state index contributed by atoms with van der Waals surface area (Å²) in [7, 11) is 0. The Morgan fingerprint density at radius 2 is 1.16 bits per heavy atom. The van der Waals surface area contributed by atoms with Gasteiger partial charge in [0.1, 0.15) is 43.3 Å². The molecule has 0 aromatic heterocycles. The van der Waals surface area contributed by atoms with Crippen molar-refractivity contribution in [2.24, 2.45) is 17.3 Å². The van der Waals surface area contributed by atoms with E-state index in [1.54, 1.807) is 13.0 Å². The molecule has 0 heterocycles. The number of unbranched alkanes of at least 4 members (excludes halogenated alkanes) is 2. The minimum absolute atomic E-state index is 0.0801. The fourth-order valence-corrected chi connectivity index (χ4v) is 6.44. The highest BCUT2D eigenvalue weighted by Gasteiger charge is 2.38. The van der Waals surface area contributed by atoms with E-state index in [1.807, 2.05) is 36.4 Å². The summed E-state index contributed by atoms with van der Waals surface area (Å²) in [5.41, 5.74) is 1.33. The fraction of sp³-hybridized carbons (Fsp3) is 0.522. The minimum Gasteiger partial charge on any atom is -0.493 e. The van der Waals surface area contributed by atoms with E-state index in [-0.39, 0.29) is 24.4 Å². The Kier molecular flexibility index (Phi) is 19.4. The fourth-order valence-electron chi connectivity index (χ4n) is 6.44. The maximum absolute atomic E-state index is 12.5. The molecule has 1 aliphatic carbocycles. The Hall–Kier alpha value is -5.26. The number of ether oxygens (including phenoxy) is 6. The molecule has 0 atom stereocenters. The summed E-state index contributed by atoms with van der Waals surface area (Å²) in [6.07, 6.45) is 11.0. The zero-order chi connectivity index (χ0) is 42.7. The minimum atomic E-state index is -1.56. The third kappa shape index (κ3) is 15.9. The van der Waals surface area contributed by atoms with E-state index in [4.69, 9.17) is 28.4 Å². The average Bonchev–Trinajstić information content (AvgIpc) is 3.21. The van der Waals surface area contributed by atoms with Gasteiger partial charge in [0.25, 0.3) is 0 Å². The SMILES string of the molecule is C=C(C)C(=O)OCCCc1cc(-c2ccc(OCC3CCC(CCCCC)CC3)cc2)ccc1OCC(COC(=O)C(=C)C)(COC(=O)C(C)=O)COC(=O)C(C)=O. The Labute approximate surface area is 342 Å². The zero-order valence-electron chi connectivity index (χ0n) is 34.8. The molecular formula is C46H60O12. The monoisotopic (exact) mass is 804 g/mol. The summed E-state index contributed by atoms with van der Waals surface area (Å²) < 4.78 is 33.7. The van der Waals surface area contributed by atoms with Crippen LogP contribution in [0.3, 0.4) is 0 Å². The molecule has 1 saturated carbocycles. The third-order valence-electron chi connectivity index (χ3n) is 10.1. The lowest BCUT2D eigenvalue weighted by molar-refractivity contribution is -0.168. The molecule has 0 saturated heterocycles. The van der Waals surface area contributed by atoms with Gasteiger partial charge in [-0.1, -0.05) is 76.8 Å². The molecule has 0 radical (unpaired) electrons. The van der Waals surface area contributed by atoms with Crippen LogP contribution in [0, 0.1) is 17.3 Å². The van der Waals surface area contributed by atoms with Crippen LogP contribution in [0.1, 0.15) is 98.0 Å². The predicted molar refractivity (Wildman–Crippen MR) is 218 cm³/mol. The van der Waals surface area contributed by atoms with Crippen LogP contribution in [0.25, 0.3) is 11.1 Å². The molecular weight excluding hydrogens is 744 g/mol. The maximum atomic E-state index is 12.5. The number of aryl methyl sites for hydroxylation is 1. The van der Waals surface area contributed by atoms with Crippen LogP contribution in [0.15, 0.2) is 66.8 Å². The van der Waals surface area contributed by atoms with Crippen LogP contribution >= 0.6 is 0 Å². The summed E-state index contributed by atoms with van der Waals surface area (Å²) in [5, 5.41) is 0. The van der Waals surface area contributed by atoms with Gasteiger partial charge in [0, 0.05) is 25.0 Å². The number of rotatable bonds is 25. The Morgan fingerprint density at radius 3 is 1.71 bits per heavy atom. The first-order chi connectivity index (χ1) is 27.6. The maximum Gasteiger partial charge on any atom is 0.374 e. The van der Waals surface area contributed by atoms with E-state index >= 15 is 0 Å². The van der Waals surface area contributed by atoms with E-state index in [0.717, 1.165) is 42.2 Å². The molecule has 1 fully saturated rings. The molecule has 12 heteroatoms. The first-order valence-electron chi connectivity index (χ1n) is 20.1. The number of esters is 4. The highest BCUT2D eigenvalue weighted by Crippen LogP contribution is 2.34. The average molecular weight is 805 g/mol. The molecule has 2 aromatic carbocycles. The summed E-state index contributed by atoms with van der Waals surface area (Å²) in [6.45, 7) is 13.3. The standard InChI is InChI=1S/C46H60O12/c1-8-9-10-12-35-14-16-36(17-15-35)26-54-40-21-18-37(19-22-40)38-20-23-41(39(25-38)13-11-24-53-42(49)31(2)3)55-27-46(28-56-43(50)32(4)5,29-57-44(51)33(6)47)30-58-45(52)34(7)48/h18-23,25,35-36H,2,4,8-17,24,26-30H2,1,3,5-7H3. The molecule has 3 rings (SSSR count). The van der Waals surface area contributed by atoms with Gasteiger partial charge in [0.2, 0.25) is 11.6 Å². The second-order valence-corrected chi connectivity index (χ2v) is 15.5. The molecule has 58 heavy (non-hydrogen) atoms. The number of benzene rings is 2. The van der Waals surface area contributed by atoms with Gasteiger partial charge < -0.3 is 28.4 Å². The Bertz CT molecular complexity index is 1680. The molecule has 316 valence electrons. The van der Waals surface area contributed by atoms with Crippen molar-refractivity contribution in [2.75, 3.05) is 39.6 Å². The molecule has 1 aliphatic rings. The second kappa shape index (κ2) is 23.8. The van der Waals surface area contributed by atoms with E-state index in [0.29, 0.717) is 31.1 Å². The van der Waals surface area contributed by atoms with Gasteiger partial charge in [-0.05, 0) is 92.3 Å². The molecule has 0 bridgehead atoms. The topological polar surface area (TPSA) is 158 Å². The van der Waals surface area contributed by atoms with Crippen molar-refractivity contribution < 1.29 is 57.2 Å². The number of hydrogen-bond acceptors (Lipinski definition) is 12. The molecule has 0 spiro atoms. The van der Waals surface area contributed by atoms with E-state index in [2.05, 4.69) is 20.1 Å². The van der Waals surface area contributed by atoms with Crippen LogP contribution in [-0.4, -0.2) is 75.1 Å². The van der Waals surface area contributed by atoms with Crippen molar-refractivity contribution in [1.29, 1.82) is 0 Å². The number of carbonyl (C=O) groups excluding carboxylic acids is 6. The van der Waals surface area contributed by atoms with Crippen LogP contribution in [0.2, 0.25) is 0 Å². The van der Waals surface area contributed by atoms with Gasteiger partial charge in [-0.25, -0.2) is 19.2 Å². The van der Waals surface area contributed by atoms with E-state index in [1.165, 1.54) is 58.3 Å². The van der Waals surface area contributed by atoms with Crippen molar-refractivity contribution in [3.63, 3.8) is 0 Å². The predicted octanol–water partition coefficient (Wildman–Crippen LogP) is 7.92. The molecule has 0 unspecified atom stereocenters.